The van der Waals surface area contributed by atoms with Gasteiger partial charge in [0.15, 0.2) is 0 Å². The molecule has 0 unspecified atom stereocenters. The van der Waals surface area contributed by atoms with Gasteiger partial charge < -0.3 is 20.1 Å². The molecule has 8 nitrogen and oxygen atoms in total. The molecule has 0 spiro atoms. The van der Waals surface area contributed by atoms with Gasteiger partial charge in [-0.25, -0.2) is 0 Å². The molecule has 0 aromatic heterocycles. The maximum absolute atomic E-state index is 12.6. The van der Waals surface area contributed by atoms with E-state index in [1.54, 1.807) is 48.5 Å². The third kappa shape index (κ3) is 8.01. The van der Waals surface area contributed by atoms with Crippen LogP contribution in [0.4, 0.5) is 11.4 Å². The highest BCUT2D eigenvalue weighted by Gasteiger charge is 2.14. The van der Waals surface area contributed by atoms with Crippen molar-refractivity contribution in [3.8, 4) is 11.5 Å². The van der Waals surface area contributed by atoms with Crippen LogP contribution >= 0.6 is 0 Å². The second-order valence-electron chi connectivity index (χ2n) is 9.38. The molecule has 2 amide bonds. The molecule has 0 saturated heterocycles. The average molecular weight is 539 g/mol. The van der Waals surface area contributed by atoms with Crippen molar-refractivity contribution in [3.05, 3.63) is 96.1 Å². The van der Waals surface area contributed by atoms with Crippen molar-refractivity contribution in [1.29, 1.82) is 0 Å². The van der Waals surface area contributed by atoms with Crippen LogP contribution in [-0.4, -0.2) is 23.8 Å². The first-order valence-corrected chi connectivity index (χ1v) is 12.9. The molecule has 0 bridgehead atoms. The fourth-order valence-corrected chi connectivity index (χ4v) is 3.96. The number of fused-ring (bicyclic) bond motifs is 1. The van der Waals surface area contributed by atoms with Crippen LogP contribution < -0.4 is 20.1 Å². The molecule has 0 fully saturated rings. The molecule has 204 valence electrons. The summed E-state index contributed by atoms with van der Waals surface area (Å²) in [6.07, 6.45) is -0.233. The minimum absolute atomic E-state index is 0.0454. The highest BCUT2D eigenvalue weighted by atomic mass is 16.5. The molecule has 4 rings (SSSR count). The zero-order valence-corrected chi connectivity index (χ0v) is 22.4. The van der Waals surface area contributed by atoms with Gasteiger partial charge in [0.05, 0.1) is 12.8 Å². The average Bonchev–Trinajstić information content (AvgIpc) is 2.94. The van der Waals surface area contributed by atoms with E-state index >= 15 is 0 Å². The SMILES string of the molecule is Cc1ccc(OC(=O)CCC(=O)Nc2cccc3c(NC(=O)CCC(=O)Oc4ccc(C)cc4)cccc23)cc1. The maximum atomic E-state index is 12.6. The van der Waals surface area contributed by atoms with Crippen LogP contribution in [0.25, 0.3) is 10.8 Å². The second kappa shape index (κ2) is 13.2. The van der Waals surface area contributed by atoms with Crippen molar-refractivity contribution in [3.63, 3.8) is 0 Å². The van der Waals surface area contributed by atoms with E-state index in [-0.39, 0.29) is 37.5 Å². The van der Waals surface area contributed by atoms with Crippen LogP contribution in [0.3, 0.4) is 0 Å². The first-order valence-electron chi connectivity index (χ1n) is 12.9. The minimum Gasteiger partial charge on any atom is -0.427 e. The van der Waals surface area contributed by atoms with Crippen molar-refractivity contribution >= 4 is 45.9 Å². The van der Waals surface area contributed by atoms with E-state index in [2.05, 4.69) is 10.6 Å². The van der Waals surface area contributed by atoms with Gasteiger partial charge in [-0.1, -0.05) is 59.7 Å². The molecule has 40 heavy (non-hydrogen) atoms. The van der Waals surface area contributed by atoms with E-state index in [0.717, 1.165) is 21.9 Å². The zero-order valence-electron chi connectivity index (χ0n) is 22.4. The Morgan fingerprint density at radius 1 is 0.525 bits per heavy atom. The van der Waals surface area contributed by atoms with Gasteiger partial charge in [-0.3, -0.25) is 19.2 Å². The molecule has 4 aromatic rings. The first-order chi connectivity index (χ1) is 19.3. The van der Waals surface area contributed by atoms with Gasteiger partial charge in [0.1, 0.15) is 11.5 Å². The predicted molar refractivity (Wildman–Crippen MR) is 153 cm³/mol. The third-order valence-electron chi connectivity index (χ3n) is 6.09. The number of esters is 2. The Hall–Kier alpha value is -4.98. The molecular weight excluding hydrogens is 508 g/mol. The predicted octanol–water partition coefficient (Wildman–Crippen LogP) is 6.11. The van der Waals surface area contributed by atoms with Crippen molar-refractivity contribution in [2.75, 3.05) is 10.6 Å². The zero-order chi connectivity index (χ0) is 28.5. The molecule has 0 aliphatic heterocycles. The van der Waals surface area contributed by atoms with Crippen LogP contribution in [0.2, 0.25) is 0 Å². The fourth-order valence-electron chi connectivity index (χ4n) is 3.96. The summed E-state index contributed by atoms with van der Waals surface area (Å²) in [5.74, 6) is -0.801. The molecule has 4 aromatic carbocycles. The maximum Gasteiger partial charge on any atom is 0.311 e. The highest BCUT2D eigenvalue weighted by Crippen LogP contribution is 2.29. The third-order valence-corrected chi connectivity index (χ3v) is 6.09. The van der Waals surface area contributed by atoms with Crippen LogP contribution in [0.5, 0.6) is 11.5 Å². The Balaban J connectivity index is 1.31. The number of aryl methyl sites for hydroxylation is 2. The molecule has 0 aliphatic rings. The Morgan fingerprint density at radius 3 is 1.27 bits per heavy atom. The van der Waals surface area contributed by atoms with Crippen LogP contribution in [0.15, 0.2) is 84.9 Å². The summed E-state index contributed by atoms with van der Waals surface area (Å²) in [7, 11) is 0. The molecule has 8 heteroatoms. The van der Waals surface area contributed by atoms with E-state index in [1.807, 2.05) is 50.2 Å². The van der Waals surface area contributed by atoms with Gasteiger partial charge >= 0.3 is 11.9 Å². The largest absolute Gasteiger partial charge is 0.427 e. The number of amides is 2. The molecule has 2 N–H and O–H groups in total. The van der Waals surface area contributed by atoms with E-state index in [4.69, 9.17) is 9.47 Å². The number of hydrogen-bond acceptors (Lipinski definition) is 6. The summed E-state index contributed by atoms with van der Waals surface area (Å²) in [5, 5.41) is 7.11. The van der Waals surface area contributed by atoms with Crippen molar-refractivity contribution < 1.29 is 28.7 Å². The summed E-state index contributed by atoms with van der Waals surface area (Å²) >= 11 is 0. The molecule has 0 saturated carbocycles. The van der Waals surface area contributed by atoms with Crippen LogP contribution in [0, 0.1) is 13.8 Å². The number of benzene rings is 4. The lowest BCUT2D eigenvalue weighted by molar-refractivity contribution is -0.136. The lowest BCUT2D eigenvalue weighted by Crippen LogP contribution is -2.17. The Labute approximate surface area is 232 Å². The number of anilines is 2. The molecule has 0 heterocycles. The van der Waals surface area contributed by atoms with Gasteiger partial charge in [0.25, 0.3) is 0 Å². The van der Waals surface area contributed by atoms with E-state index in [1.165, 1.54) is 0 Å². The Morgan fingerprint density at radius 2 is 0.900 bits per heavy atom. The van der Waals surface area contributed by atoms with Gasteiger partial charge in [-0.2, -0.15) is 0 Å². The summed E-state index contributed by atoms with van der Waals surface area (Å²) in [6.45, 7) is 3.87. The van der Waals surface area contributed by atoms with Gasteiger partial charge in [-0.05, 0) is 50.2 Å². The van der Waals surface area contributed by atoms with Gasteiger partial charge in [-0.15, -0.1) is 0 Å². The van der Waals surface area contributed by atoms with E-state index < -0.39 is 11.9 Å². The fraction of sp³-hybridized carbons (Fsp3) is 0.188. The number of nitrogens with one attached hydrogen (secondary N) is 2. The highest BCUT2D eigenvalue weighted by molar-refractivity contribution is 6.09. The summed E-state index contributed by atoms with van der Waals surface area (Å²) in [6, 6.07) is 24.9. The number of carbonyl (C=O) groups excluding carboxylic acids is 4. The lowest BCUT2D eigenvalue weighted by Gasteiger charge is -2.13. The standard InChI is InChI=1S/C32H30N2O6/c1-21-9-13-23(14-10-21)39-31(37)19-17-29(35)33-27-7-3-6-26-25(27)5-4-8-28(26)34-30(36)18-20-32(38)40-24-15-11-22(2)12-16-24/h3-16H,17-20H2,1-2H3,(H,33,35)(H,34,36). The Kier molecular flexibility index (Phi) is 9.25. The molecule has 0 aliphatic carbocycles. The number of hydrogen-bond donors (Lipinski definition) is 2. The van der Waals surface area contributed by atoms with Gasteiger partial charge in [0.2, 0.25) is 11.8 Å². The summed E-state index contributed by atoms with van der Waals surface area (Å²) < 4.78 is 10.5. The first kappa shape index (κ1) is 28.0. The van der Waals surface area contributed by atoms with Gasteiger partial charge in [0, 0.05) is 35.0 Å². The minimum atomic E-state index is -0.496. The Bertz CT molecular complexity index is 1410. The number of ether oxygens (including phenoxy) is 2. The molecular formula is C32H30N2O6. The molecule has 0 atom stereocenters. The number of carbonyl (C=O) groups is 4. The lowest BCUT2D eigenvalue weighted by atomic mass is 10.1. The van der Waals surface area contributed by atoms with Crippen molar-refractivity contribution in [2.45, 2.75) is 39.5 Å². The van der Waals surface area contributed by atoms with Crippen molar-refractivity contribution in [2.24, 2.45) is 0 Å². The quantitative estimate of drug-likeness (QED) is 0.186. The van der Waals surface area contributed by atoms with Crippen molar-refractivity contribution in [1.82, 2.24) is 0 Å². The van der Waals surface area contributed by atoms with Crippen LogP contribution in [-0.2, 0) is 19.2 Å². The topological polar surface area (TPSA) is 111 Å². The summed E-state index contributed by atoms with van der Waals surface area (Å²) in [4.78, 5) is 49.5. The molecule has 0 radical (unpaired) electrons. The second-order valence-corrected chi connectivity index (χ2v) is 9.38. The normalized spacial score (nSPS) is 10.6. The monoisotopic (exact) mass is 538 g/mol. The smallest absolute Gasteiger partial charge is 0.311 e. The summed E-state index contributed by atoms with van der Waals surface area (Å²) in [5.41, 5.74) is 3.20. The number of rotatable bonds is 10. The van der Waals surface area contributed by atoms with E-state index in [9.17, 15) is 19.2 Å². The van der Waals surface area contributed by atoms with Crippen LogP contribution in [0.1, 0.15) is 36.8 Å². The van der Waals surface area contributed by atoms with E-state index in [0.29, 0.717) is 22.9 Å².